The van der Waals surface area contributed by atoms with Crippen molar-refractivity contribution < 1.29 is 14.7 Å². The first-order chi connectivity index (χ1) is 9.42. The molecule has 20 heavy (non-hydrogen) atoms. The molecule has 0 radical (unpaired) electrons. The zero-order chi connectivity index (χ0) is 14.9. The highest BCUT2D eigenvalue weighted by molar-refractivity contribution is 5.85. The molecule has 1 N–H and O–H groups in total. The van der Waals surface area contributed by atoms with E-state index in [1.807, 2.05) is 4.90 Å². The molecule has 1 amide bonds. The van der Waals surface area contributed by atoms with Crippen molar-refractivity contribution >= 4 is 11.9 Å². The quantitative estimate of drug-likeness (QED) is 0.862. The molecule has 0 aromatic carbocycles. The molecule has 2 fully saturated rings. The van der Waals surface area contributed by atoms with Crippen LogP contribution in [0, 0.1) is 23.2 Å². The Morgan fingerprint density at radius 2 is 1.80 bits per heavy atom. The van der Waals surface area contributed by atoms with Crippen LogP contribution in [0.1, 0.15) is 52.9 Å². The van der Waals surface area contributed by atoms with E-state index in [1.54, 1.807) is 0 Å². The van der Waals surface area contributed by atoms with E-state index in [2.05, 4.69) is 20.8 Å². The monoisotopic (exact) mass is 281 g/mol. The van der Waals surface area contributed by atoms with Crippen LogP contribution in [-0.2, 0) is 9.59 Å². The van der Waals surface area contributed by atoms with E-state index in [1.165, 1.54) is 0 Å². The standard InChI is InChI=1S/C16H27NO3/c1-4-16(5-2)6-7-17(10-16)14(18)12-8-11(3)9-13(12)15(19)20/h11-13H,4-10H2,1-3H3,(H,19,20)/t11?,12-,13+/m0/s1. The molecule has 1 heterocycles. The lowest BCUT2D eigenvalue weighted by atomic mass is 9.82. The Morgan fingerprint density at radius 1 is 1.20 bits per heavy atom. The van der Waals surface area contributed by atoms with Crippen LogP contribution in [0.15, 0.2) is 0 Å². The number of carboxylic acid groups (broad SMARTS) is 1. The lowest BCUT2D eigenvalue weighted by Crippen LogP contribution is -2.39. The number of carboxylic acids is 1. The molecule has 0 aromatic rings. The molecule has 114 valence electrons. The minimum Gasteiger partial charge on any atom is -0.481 e. The molecule has 3 atom stereocenters. The van der Waals surface area contributed by atoms with Gasteiger partial charge < -0.3 is 10.0 Å². The number of carbonyl (C=O) groups excluding carboxylic acids is 1. The summed E-state index contributed by atoms with van der Waals surface area (Å²) in [5.74, 6) is -1.15. The van der Waals surface area contributed by atoms with E-state index in [-0.39, 0.29) is 17.2 Å². The molecule has 1 saturated carbocycles. The number of carbonyl (C=O) groups is 2. The van der Waals surface area contributed by atoms with E-state index in [0.717, 1.165) is 38.8 Å². The Labute approximate surface area is 121 Å². The fourth-order valence-electron chi connectivity index (χ4n) is 4.02. The topological polar surface area (TPSA) is 57.6 Å². The minimum atomic E-state index is -0.802. The maximum absolute atomic E-state index is 12.7. The maximum Gasteiger partial charge on any atom is 0.307 e. The average Bonchev–Trinajstić information content (AvgIpc) is 3.02. The molecule has 4 heteroatoms. The van der Waals surface area contributed by atoms with Crippen LogP contribution < -0.4 is 0 Å². The van der Waals surface area contributed by atoms with Crippen LogP contribution in [0.5, 0.6) is 0 Å². The Balaban J connectivity index is 2.07. The van der Waals surface area contributed by atoms with E-state index >= 15 is 0 Å². The molecular weight excluding hydrogens is 254 g/mol. The van der Waals surface area contributed by atoms with Crippen molar-refractivity contribution in [1.29, 1.82) is 0 Å². The van der Waals surface area contributed by atoms with Gasteiger partial charge in [0.05, 0.1) is 11.8 Å². The lowest BCUT2D eigenvalue weighted by Gasteiger charge is -2.28. The smallest absolute Gasteiger partial charge is 0.307 e. The summed E-state index contributed by atoms with van der Waals surface area (Å²) < 4.78 is 0. The van der Waals surface area contributed by atoms with Gasteiger partial charge in [-0.15, -0.1) is 0 Å². The van der Waals surface area contributed by atoms with Crippen molar-refractivity contribution in [1.82, 2.24) is 4.90 Å². The molecule has 2 rings (SSSR count). The summed E-state index contributed by atoms with van der Waals surface area (Å²) in [5, 5.41) is 9.32. The van der Waals surface area contributed by atoms with Crippen molar-refractivity contribution in [2.75, 3.05) is 13.1 Å². The first kappa shape index (κ1) is 15.3. The van der Waals surface area contributed by atoms with Gasteiger partial charge >= 0.3 is 5.97 Å². The van der Waals surface area contributed by atoms with Crippen molar-refractivity contribution in [3.05, 3.63) is 0 Å². The summed E-state index contributed by atoms with van der Waals surface area (Å²) in [7, 11) is 0. The van der Waals surface area contributed by atoms with E-state index in [0.29, 0.717) is 12.3 Å². The van der Waals surface area contributed by atoms with Crippen LogP contribution in [0.3, 0.4) is 0 Å². The number of hydrogen-bond donors (Lipinski definition) is 1. The summed E-state index contributed by atoms with van der Waals surface area (Å²) in [6.45, 7) is 8.05. The summed E-state index contributed by atoms with van der Waals surface area (Å²) in [6.07, 6.45) is 4.63. The van der Waals surface area contributed by atoms with Gasteiger partial charge in [0.25, 0.3) is 0 Å². The molecular formula is C16H27NO3. The molecule has 0 bridgehead atoms. The molecule has 4 nitrogen and oxygen atoms in total. The first-order valence-electron chi connectivity index (χ1n) is 7.94. The molecule has 1 unspecified atom stereocenters. The third-order valence-corrected chi connectivity index (χ3v) is 5.68. The molecule has 1 aliphatic heterocycles. The van der Waals surface area contributed by atoms with Gasteiger partial charge in [0.15, 0.2) is 0 Å². The second-order valence-corrected chi connectivity index (χ2v) is 6.84. The van der Waals surface area contributed by atoms with Crippen LogP contribution in [0.4, 0.5) is 0 Å². The predicted molar refractivity (Wildman–Crippen MR) is 77.2 cm³/mol. The van der Waals surface area contributed by atoms with Gasteiger partial charge in [0, 0.05) is 13.1 Å². The van der Waals surface area contributed by atoms with Gasteiger partial charge in [-0.3, -0.25) is 9.59 Å². The van der Waals surface area contributed by atoms with Crippen LogP contribution in [0.25, 0.3) is 0 Å². The Kier molecular flexibility index (Phi) is 4.40. The molecule has 1 aliphatic carbocycles. The Morgan fingerprint density at radius 3 is 2.30 bits per heavy atom. The van der Waals surface area contributed by atoms with Crippen molar-refractivity contribution in [2.24, 2.45) is 23.2 Å². The Hall–Kier alpha value is -1.06. The van der Waals surface area contributed by atoms with E-state index < -0.39 is 11.9 Å². The summed E-state index contributed by atoms with van der Waals surface area (Å²) >= 11 is 0. The second-order valence-electron chi connectivity index (χ2n) is 6.84. The number of hydrogen-bond acceptors (Lipinski definition) is 2. The maximum atomic E-state index is 12.7. The Bertz CT molecular complexity index is 389. The predicted octanol–water partition coefficient (Wildman–Crippen LogP) is 2.77. The van der Waals surface area contributed by atoms with Crippen LogP contribution in [0.2, 0.25) is 0 Å². The van der Waals surface area contributed by atoms with Crippen molar-refractivity contribution in [3.63, 3.8) is 0 Å². The number of likely N-dealkylation sites (tertiary alicyclic amines) is 1. The van der Waals surface area contributed by atoms with Gasteiger partial charge in [0.1, 0.15) is 0 Å². The number of rotatable bonds is 4. The van der Waals surface area contributed by atoms with Gasteiger partial charge in [-0.25, -0.2) is 0 Å². The highest BCUT2D eigenvalue weighted by Crippen LogP contribution is 2.41. The van der Waals surface area contributed by atoms with Gasteiger partial charge in [-0.1, -0.05) is 20.8 Å². The van der Waals surface area contributed by atoms with E-state index in [9.17, 15) is 14.7 Å². The van der Waals surface area contributed by atoms with Gasteiger partial charge in [0.2, 0.25) is 5.91 Å². The van der Waals surface area contributed by atoms with Crippen LogP contribution >= 0.6 is 0 Å². The highest BCUT2D eigenvalue weighted by Gasteiger charge is 2.45. The SMILES string of the molecule is CCC1(CC)CCN(C(=O)[C@H]2CC(C)C[C@H]2C(=O)O)C1. The fourth-order valence-corrected chi connectivity index (χ4v) is 4.02. The zero-order valence-electron chi connectivity index (χ0n) is 12.9. The molecule has 1 saturated heterocycles. The third-order valence-electron chi connectivity index (χ3n) is 5.68. The number of amides is 1. The van der Waals surface area contributed by atoms with Crippen LogP contribution in [-0.4, -0.2) is 35.0 Å². The van der Waals surface area contributed by atoms with Gasteiger partial charge in [-0.05, 0) is 43.4 Å². The van der Waals surface area contributed by atoms with Gasteiger partial charge in [-0.2, -0.15) is 0 Å². The fraction of sp³-hybridized carbons (Fsp3) is 0.875. The average molecular weight is 281 g/mol. The summed E-state index contributed by atoms with van der Waals surface area (Å²) in [6, 6.07) is 0. The first-order valence-corrected chi connectivity index (χ1v) is 7.94. The molecule has 2 aliphatic rings. The number of aliphatic carboxylic acids is 1. The largest absolute Gasteiger partial charge is 0.481 e. The summed E-state index contributed by atoms with van der Waals surface area (Å²) in [4.78, 5) is 26.0. The normalized spacial score (nSPS) is 32.5. The zero-order valence-corrected chi connectivity index (χ0v) is 12.9. The van der Waals surface area contributed by atoms with E-state index in [4.69, 9.17) is 0 Å². The minimum absolute atomic E-state index is 0.0884. The number of nitrogens with zero attached hydrogens (tertiary/aromatic N) is 1. The van der Waals surface area contributed by atoms with Crippen molar-refractivity contribution in [2.45, 2.75) is 52.9 Å². The molecule has 0 spiro atoms. The second kappa shape index (κ2) is 5.74. The van der Waals surface area contributed by atoms with Crippen molar-refractivity contribution in [3.8, 4) is 0 Å². The highest BCUT2D eigenvalue weighted by atomic mass is 16.4. The third kappa shape index (κ3) is 2.70. The summed E-state index contributed by atoms with van der Waals surface area (Å²) in [5.41, 5.74) is 0.263. The molecule has 0 aromatic heterocycles. The lowest BCUT2D eigenvalue weighted by molar-refractivity contribution is -0.148.